The summed E-state index contributed by atoms with van der Waals surface area (Å²) in [7, 11) is 0. The maximum Gasteiger partial charge on any atom is 0.417 e. The Morgan fingerprint density at radius 3 is 1.85 bits per heavy atom. The average Bonchev–Trinajstić information content (AvgIpc) is 2.60. The summed E-state index contributed by atoms with van der Waals surface area (Å²) in [4.78, 5) is 4.00. The van der Waals surface area contributed by atoms with Crippen LogP contribution in [0.4, 0.5) is 26.3 Å². The van der Waals surface area contributed by atoms with E-state index in [0.29, 0.717) is 17.7 Å². The Hall–Kier alpha value is -2.83. The van der Waals surface area contributed by atoms with Gasteiger partial charge in [0.05, 0.1) is 16.8 Å². The molecule has 26 heavy (non-hydrogen) atoms. The Bertz CT molecular complexity index is 913. The summed E-state index contributed by atoms with van der Waals surface area (Å²) in [5.41, 5.74) is -1.81. The fourth-order valence-electron chi connectivity index (χ4n) is 2.58. The van der Waals surface area contributed by atoms with Gasteiger partial charge in [0.15, 0.2) is 0 Å². The first-order valence-electron chi connectivity index (χ1n) is 7.46. The summed E-state index contributed by atoms with van der Waals surface area (Å²) in [6, 6.07) is 14.2. The van der Waals surface area contributed by atoms with Crippen molar-refractivity contribution in [1.29, 1.82) is 0 Å². The van der Waals surface area contributed by atoms with Crippen LogP contribution in [0.15, 0.2) is 66.9 Å². The van der Waals surface area contributed by atoms with Gasteiger partial charge in [-0.1, -0.05) is 36.4 Å². The Morgan fingerprint density at radius 1 is 0.577 bits per heavy atom. The number of nitrogens with zero attached hydrogens (tertiary/aromatic N) is 1. The van der Waals surface area contributed by atoms with Crippen LogP contribution in [0.2, 0.25) is 0 Å². The predicted molar refractivity (Wildman–Crippen MR) is 85.1 cm³/mol. The number of hydrogen-bond donors (Lipinski definition) is 0. The second-order valence-electron chi connectivity index (χ2n) is 5.55. The summed E-state index contributed by atoms with van der Waals surface area (Å²) >= 11 is 0. The van der Waals surface area contributed by atoms with E-state index in [4.69, 9.17) is 0 Å². The van der Waals surface area contributed by atoms with Gasteiger partial charge in [-0.3, -0.25) is 4.98 Å². The largest absolute Gasteiger partial charge is 0.417 e. The summed E-state index contributed by atoms with van der Waals surface area (Å²) in [6.45, 7) is 0. The molecule has 0 atom stereocenters. The normalized spacial score (nSPS) is 12.2. The van der Waals surface area contributed by atoms with Crippen molar-refractivity contribution in [2.45, 2.75) is 12.4 Å². The van der Waals surface area contributed by atoms with Gasteiger partial charge >= 0.3 is 12.4 Å². The van der Waals surface area contributed by atoms with E-state index in [9.17, 15) is 26.3 Å². The minimum atomic E-state index is -5.13. The lowest BCUT2D eigenvalue weighted by atomic mass is 9.99. The molecule has 0 aliphatic heterocycles. The van der Waals surface area contributed by atoms with Gasteiger partial charge in [-0.05, 0) is 35.4 Å². The molecule has 0 amide bonds. The monoisotopic (exact) mass is 367 g/mol. The minimum Gasteiger partial charge on any atom is -0.256 e. The highest BCUT2D eigenvalue weighted by Crippen LogP contribution is 2.41. The fourth-order valence-corrected chi connectivity index (χ4v) is 2.58. The van der Waals surface area contributed by atoms with Crippen LogP contribution in [0.1, 0.15) is 11.1 Å². The number of pyridine rings is 1. The number of aromatic nitrogens is 1. The van der Waals surface area contributed by atoms with E-state index < -0.39 is 23.5 Å². The van der Waals surface area contributed by atoms with Crippen LogP contribution < -0.4 is 0 Å². The molecule has 0 bridgehead atoms. The molecule has 0 unspecified atom stereocenters. The molecule has 3 rings (SSSR count). The van der Waals surface area contributed by atoms with Crippen molar-refractivity contribution in [1.82, 2.24) is 4.98 Å². The van der Waals surface area contributed by atoms with Crippen LogP contribution in [0.3, 0.4) is 0 Å². The SMILES string of the molecule is FC(F)(F)c1ccc(-c2cc(-c3ccccc3)ccn2)cc1C(F)(F)F. The number of alkyl halides is 6. The molecule has 0 N–H and O–H groups in total. The molecule has 1 aromatic heterocycles. The van der Waals surface area contributed by atoms with E-state index in [1.165, 1.54) is 12.3 Å². The highest BCUT2D eigenvalue weighted by atomic mass is 19.4. The Balaban J connectivity index is 2.11. The Kier molecular flexibility index (Phi) is 4.48. The van der Waals surface area contributed by atoms with E-state index in [1.807, 2.05) is 18.2 Å². The molecule has 0 aliphatic carbocycles. The predicted octanol–water partition coefficient (Wildman–Crippen LogP) is 6.45. The van der Waals surface area contributed by atoms with Gasteiger partial charge in [-0.15, -0.1) is 0 Å². The third-order valence-electron chi connectivity index (χ3n) is 3.79. The quantitative estimate of drug-likeness (QED) is 0.474. The Morgan fingerprint density at radius 2 is 1.23 bits per heavy atom. The lowest BCUT2D eigenvalue weighted by molar-refractivity contribution is -0.162. The van der Waals surface area contributed by atoms with E-state index >= 15 is 0 Å². The van der Waals surface area contributed by atoms with Gasteiger partial charge in [0.1, 0.15) is 0 Å². The first-order valence-corrected chi connectivity index (χ1v) is 7.46. The molecule has 7 heteroatoms. The maximum atomic E-state index is 13.1. The van der Waals surface area contributed by atoms with Crippen LogP contribution in [0, 0.1) is 0 Å². The molecule has 1 heterocycles. The first-order chi connectivity index (χ1) is 12.2. The minimum absolute atomic E-state index is 0.0388. The second-order valence-corrected chi connectivity index (χ2v) is 5.55. The number of hydrogen-bond acceptors (Lipinski definition) is 1. The molecule has 0 radical (unpaired) electrons. The zero-order valence-corrected chi connectivity index (χ0v) is 13.1. The molecule has 0 saturated heterocycles. The van der Waals surface area contributed by atoms with Crippen LogP contribution >= 0.6 is 0 Å². The van der Waals surface area contributed by atoms with Crippen LogP contribution in [0.25, 0.3) is 22.4 Å². The third-order valence-corrected chi connectivity index (χ3v) is 3.79. The molecule has 134 valence electrons. The van der Waals surface area contributed by atoms with E-state index in [0.717, 1.165) is 11.6 Å². The molecular formula is C19H11F6N. The van der Waals surface area contributed by atoms with Gasteiger partial charge < -0.3 is 0 Å². The fraction of sp³-hybridized carbons (Fsp3) is 0.105. The molecule has 1 nitrogen and oxygen atoms in total. The van der Waals surface area contributed by atoms with Crippen molar-refractivity contribution in [3.63, 3.8) is 0 Å². The zero-order valence-electron chi connectivity index (χ0n) is 13.1. The van der Waals surface area contributed by atoms with Gasteiger partial charge in [0, 0.05) is 11.8 Å². The van der Waals surface area contributed by atoms with Gasteiger partial charge in [-0.2, -0.15) is 26.3 Å². The highest BCUT2D eigenvalue weighted by molar-refractivity contribution is 5.71. The van der Waals surface area contributed by atoms with Crippen molar-refractivity contribution < 1.29 is 26.3 Å². The molecule has 0 saturated carbocycles. The topological polar surface area (TPSA) is 12.9 Å². The molecule has 3 aromatic rings. The average molecular weight is 367 g/mol. The molecular weight excluding hydrogens is 356 g/mol. The summed E-state index contributed by atoms with van der Waals surface area (Å²) in [6.07, 6.45) is -8.82. The lowest BCUT2D eigenvalue weighted by Crippen LogP contribution is -2.16. The van der Waals surface area contributed by atoms with Crippen molar-refractivity contribution in [2.24, 2.45) is 0 Å². The van der Waals surface area contributed by atoms with Gasteiger partial charge in [0.25, 0.3) is 0 Å². The maximum absolute atomic E-state index is 13.1. The smallest absolute Gasteiger partial charge is 0.256 e. The van der Waals surface area contributed by atoms with Crippen molar-refractivity contribution in [3.8, 4) is 22.4 Å². The van der Waals surface area contributed by atoms with Crippen LogP contribution in [-0.4, -0.2) is 4.98 Å². The van der Waals surface area contributed by atoms with Crippen molar-refractivity contribution in [3.05, 3.63) is 78.0 Å². The molecule has 0 fully saturated rings. The van der Waals surface area contributed by atoms with Crippen LogP contribution in [0.5, 0.6) is 0 Å². The summed E-state index contributed by atoms with van der Waals surface area (Å²) in [5, 5.41) is 0. The van der Waals surface area contributed by atoms with Crippen molar-refractivity contribution >= 4 is 0 Å². The summed E-state index contributed by atoms with van der Waals surface area (Å²) in [5.74, 6) is 0. The lowest BCUT2D eigenvalue weighted by Gasteiger charge is -2.16. The number of halogens is 6. The second kappa shape index (κ2) is 6.48. The first kappa shape index (κ1) is 18.0. The standard InChI is InChI=1S/C19H11F6N/c20-18(21,22)15-7-6-14(10-16(15)19(23,24)25)17-11-13(8-9-26-17)12-4-2-1-3-5-12/h1-11H. The number of rotatable bonds is 2. The summed E-state index contributed by atoms with van der Waals surface area (Å²) < 4.78 is 77.9. The van der Waals surface area contributed by atoms with Crippen LogP contribution in [-0.2, 0) is 12.4 Å². The van der Waals surface area contributed by atoms with E-state index in [1.54, 1.807) is 18.2 Å². The Labute approximate surface area is 144 Å². The molecule has 0 spiro atoms. The third kappa shape index (κ3) is 3.71. The van der Waals surface area contributed by atoms with Gasteiger partial charge in [-0.25, -0.2) is 0 Å². The van der Waals surface area contributed by atoms with E-state index in [-0.39, 0.29) is 11.3 Å². The van der Waals surface area contributed by atoms with E-state index in [2.05, 4.69) is 4.98 Å². The van der Waals surface area contributed by atoms with Gasteiger partial charge in [0.2, 0.25) is 0 Å². The number of benzene rings is 2. The van der Waals surface area contributed by atoms with Crippen molar-refractivity contribution in [2.75, 3.05) is 0 Å². The molecule has 0 aliphatic rings. The molecule has 2 aromatic carbocycles. The zero-order chi connectivity index (χ0) is 18.9. The highest BCUT2D eigenvalue weighted by Gasteiger charge is 2.43.